The van der Waals surface area contributed by atoms with Crippen LogP contribution in [-0.2, 0) is 10.0 Å². The van der Waals surface area contributed by atoms with Gasteiger partial charge < -0.3 is 19.6 Å². The highest BCUT2D eigenvalue weighted by molar-refractivity contribution is 7.92. The molecule has 0 unspecified atom stereocenters. The molecule has 32 heavy (non-hydrogen) atoms. The van der Waals surface area contributed by atoms with Crippen molar-refractivity contribution in [2.45, 2.75) is 30.9 Å². The predicted molar refractivity (Wildman–Crippen MR) is 123 cm³/mol. The number of aliphatic hydroxyl groups excluding tert-OH is 1. The number of anilines is 1. The van der Waals surface area contributed by atoms with Crippen LogP contribution in [0.25, 0.3) is 0 Å². The number of carbonyl (C=O) groups is 1. The summed E-state index contributed by atoms with van der Waals surface area (Å²) in [4.78, 5) is 17.1. The number of ether oxygens (including phenoxy) is 1. The number of benzene rings is 2. The molecule has 0 fully saturated rings. The largest absolute Gasteiger partial charge is 0.486 e. The highest BCUT2D eigenvalue weighted by Crippen LogP contribution is 2.36. The molecule has 2 N–H and O–H groups in total. The summed E-state index contributed by atoms with van der Waals surface area (Å²) in [6.45, 7) is 4.59. The molecule has 0 saturated heterocycles. The molecule has 8 nitrogen and oxygen atoms in total. The maximum absolute atomic E-state index is 13.4. The smallest absolute Gasteiger partial charge is 0.262 e. The fraction of sp³-hybridized carbons (Fsp3) is 0.435. The van der Waals surface area contributed by atoms with Crippen molar-refractivity contribution in [3.8, 4) is 5.75 Å². The van der Waals surface area contributed by atoms with Gasteiger partial charge in [0.15, 0.2) is 5.75 Å². The summed E-state index contributed by atoms with van der Waals surface area (Å²) in [5.41, 5.74) is 0.461. The van der Waals surface area contributed by atoms with Crippen molar-refractivity contribution in [1.29, 1.82) is 0 Å². The first-order valence-corrected chi connectivity index (χ1v) is 12.1. The zero-order valence-electron chi connectivity index (χ0n) is 18.9. The summed E-state index contributed by atoms with van der Waals surface area (Å²) in [7, 11) is -0.0200. The number of hydrogen-bond donors (Lipinski definition) is 2. The quantitative estimate of drug-likeness (QED) is 0.656. The van der Waals surface area contributed by atoms with E-state index in [0.29, 0.717) is 13.1 Å². The van der Waals surface area contributed by atoms with Crippen LogP contribution in [0, 0.1) is 5.92 Å². The Balaban J connectivity index is 2.09. The average Bonchev–Trinajstić information content (AvgIpc) is 2.76. The molecular formula is C23H31N3O5S. The minimum atomic E-state index is -3.88. The molecule has 1 amide bonds. The van der Waals surface area contributed by atoms with E-state index in [0.717, 1.165) is 0 Å². The van der Waals surface area contributed by atoms with Crippen molar-refractivity contribution in [2.75, 3.05) is 38.5 Å². The molecule has 2 aromatic carbocycles. The van der Waals surface area contributed by atoms with Crippen LogP contribution in [0.3, 0.4) is 0 Å². The zero-order valence-corrected chi connectivity index (χ0v) is 19.7. The van der Waals surface area contributed by atoms with Gasteiger partial charge in [0.1, 0.15) is 6.10 Å². The number of carbonyl (C=O) groups excluding carboxylic acids is 1. The van der Waals surface area contributed by atoms with Crippen molar-refractivity contribution in [3.63, 3.8) is 0 Å². The third-order valence-corrected chi connectivity index (χ3v) is 6.92. The van der Waals surface area contributed by atoms with Crippen molar-refractivity contribution < 1.29 is 23.1 Å². The summed E-state index contributed by atoms with van der Waals surface area (Å²) in [5.74, 6) is -0.162. The lowest BCUT2D eigenvalue weighted by atomic mass is 9.99. The van der Waals surface area contributed by atoms with E-state index in [-0.39, 0.29) is 52.5 Å². The summed E-state index contributed by atoms with van der Waals surface area (Å²) in [6, 6.07) is 12.5. The Bertz CT molecular complexity index is 1040. The number of hydrogen-bond acceptors (Lipinski definition) is 6. The van der Waals surface area contributed by atoms with Crippen LogP contribution in [0.15, 0.2) is 53.4 Å². The SMILES string of the molecule is C[C@H]1CN([C@@H](C)CO)C(=O)c2cccc(NS(=O)(=O)c3ccccc3)c2O[C@H]1CN(C)C. The van der Waals surface area contributed by atoms with E-state index in [9.17, 15) is 18.3 Å². The second kappa shape index (κ2) is 9.89. The van der Waals surface area contributed by atoms with E-state index in [1.54, 1.807) is 48.2 Å². The van der Waals surface area contributed by atoms with Gasteiger partial charge in [0, 0.05) is 19.0 Å². The predicted octanol–water partition coefficient (Wildman–Crippen LogP) is 2.27. The Labute approximate surface area is 189 Å². The molecule has 1 aliphatic rings. The maximum Gasteiger partial charge on any atom is 0.262 e. The molecule has 9 heteroatoms. The standard InChI is InChI=1S/C23H31N3O5S/c1-16-13-26(17(2)15-27)23(28)19-11-8-12-20(22(19)31-21(16)14-25(3)4)24-32(29,30)18-9-6-5-7-10-18/h5-12,16-17,21,24,27H,13-15H2,1-4H3/t16-,17-,21-/m0/s1. The first kappa shape index (κ1) is 24.0. The Hall–Kier alpha value is -2.62. The van der Waals surface area contributed by atoms with E-state index < -0.39 is 10.0 Å². The lowest BCUT2D eigenvalue weighted by Crippen LogP contribution is -2.49. The number of nitrogens with one attached hydrogen (secondary N) is 1. The summed E-state index contributed by atoms with van der Waals surface area (Å²) >= 11 is 0. The monoisotopic (exact) mass is 461 g/mol. The normalized spacial score (nSPS) is 20.2. The third-order valence-electron chi connectivity index (χ3n) is 5.53. The molecule has 0 saturated carbocycles. The van der Waals surface area contributed by atoms with Gasteiger partial charge >= 0.3 is 0 Å². The number of amides is 1. The number of aliphatic hydroxyl groups is 1. The lowest BCUT2D eigenvalue weighted by Gasteiger charge is -2.38. The van der Waals surface area contributed by atoms with Gasteiger partial charge in [0.2, 0.25) is 0 Å². The number of likely N-dealkylation sites (N-methyl/N-ethyl adjacent to an activating group) is 1. The van der Waals surface area contributed by atoms with Crippen LogP contribution in [0.5, 0.6) is 5.75 Å². The number of para-hydroxylation sites is 1. The third kappa shape index (κ3) is 5.23. The molecule has 3 atom stereocenters. The van der Waals surface area contributed by atoms with Gasteiger partial charge in [0.25, 0.3) is 15.9 Å². The minimum absolute atomic E-state index is 0.0534. The summed E-state index contributed by atoms with van der Waals surface area (Å²) in [5, 5.41) is 9.72. The highest BCUT2D eigenvalue weighted by Gasteiger charge is 2.34. The van der Waals surface area contributed by atoms with Gasteiger partial charge in [-0.05, 0) is 45.3 Å². The van der Waals surface area contributed by atoms with Crippen molar-refractivity contribution in [3.05, 3.63) is 54.1 Å². The Morgan fingerprint density at radius 3 is 2.50 bits per heavy atom. The number of sulfonamides is 1. The van der Waals surface area contributed by atoms with Crippen LogP contribution in [0.1, 0.15) is 24.2 Å². The molecule has 2 aromatic rings. The van der Waals surface area contributed by atoms with E-state index in [1.807, 2.05) is 25.9 Å². The van der Waals surface area contributed by atoms with Gasteiger partial charge in [-0.2, -0.15) is 0 Å². The molecule has 0 aromatic heterocycles. The van der Waals surface area contributed by atoms with E-state index >= 15 is 0 Å². The summed E-state index contributed by atoms with van der Waals surface area (Å²) in [6.07, 6.45) is -0.298. The first-order valence-electron chi connectivity index (χ1n) is 10.6. The Morgan fingerprint density at radius 2 is 1.88 bits per heavy atom. The minimum Gasteiger partial charge on any atom is -0.486 e. The van der Waals surface area contributed by atoms with Gasteiger partial charge in [-0.15, -0.1) is 0 Å². The lowest BCUT2D eigenvalue weighted by molar-refractivity contribution is 0.0366. The maximum atomic E-state index is 13.4. The topological polar surface area (TPSA) is 99.2 Å². The van der Waals surface area contributed by atoms with Crippen molar-refractivity contribution >= 4 is 21.6 Å². The fourth-order valence-corrected chi connectivity index (χ4v) is 4.79. The van der Waals surface area contributed by atoms with Gasteiger partial charge in [-0.1, -0.05) is 31.2 Å². The molecule has 0 bridgehead atoms. The number of nitrogens with zero attached hydrogens (tertiary/aromatic N) is 2. The van der Waals surface area contributed by atoms with Gasteiger partial charge in [-0.3, -0.25) is 9.52 Å². The first-order chi connectivity index (χ1) is 15.1. The molecular weight excluding hydrogens is 430 g/mol. The van der Waals surface area contributed by atoms with E-state index in [4.69, 9.17) is 4.74 Å². The molecule has 3 rings (SSSR count). The van der Waals surface area contributed by atoms with Crippen LogP contribution in [0.2, 0.25) is 0 Å². The van der Waals surface area contributed by atoms with Crippen molar-refractivity contribution in [1.82, 2.24) is 9.80 Å². The second-order valence-electron chi connectivity index (χ2n) is 8.49. The van der Waals surface area contributed by atoms with Gasteiger partial charge in [-0.25, -0.2) is 8.42 Å². The molecule has 0 aliphatic carbocycles. The number of fused-ring (bicyclic) bond motifs is 1. The number of rotatable bonds is 7. The second-order valence-corrected chi connectivity index (χ2v) is 10.2. The Morgan fingerprint density at radius 1 is 1.19 bits per heavy atom. The van der Waals surface area contributed by atoms with Crippen LogP contribution in [-0.4, -0.2) is 75.2 Å². The molecule has 0 radical (unpaired) electrons. The molecule has 174 valence electrons. The van der Waals surface area contributed by atoms with Crippen LogP contribution >= 0.6 is 0 Å². The van der Waals surface area contributed by atoms with Crippen LogP contribution < -0.4 is 9.46 Å². The summed E-state index contributed by atoms with van der Waals surface area (Å²) < 4.78 is 34.8. The van der Waals surface area contributed by atoms with Gasteiger partial charge in [0.05, 0.1) is 28.8 Å². The average molecular weight is 462 g/mol. The zero-order chi connectivity index (χ0) is 23.5. The van der Waals surface area contributed by atoms with Crippen LogP contribution in [0.4, 0.5) is 5.69 Å². The van der Waals surface area contributed by atoms with E-state index in [1.165, 1.54) is 12.1 Å². The highest BCUT2D eigenvalue weighted by atomic mass is 32.2. The van der Waals surface area contributed by atoms with E-state index in [2.05, 4.69) is 4.72 Å². The molecule has 1 heterocycles. The van der Waals surface area contributed by atoms with Crippen molar-refractivity contribution in [2.24, 2.45) is 5.92 Å². The fourth-order valence-electron chi connectivity index (χ4n) is 3.70. The Kier molecular flexibility index (Phi) is 7.43. The molecule has 0 spiro atoms. The molecule has 1 aliphatic heterocycles.